The number of nitrogens with one attached hydrogen (secondary N) is 1. The summed E-state index contributed by atoms with van der Waals surface area (Å²) in [4.78, 5) is 2.44. The van der Waals surface area contributed by atoms with E-state index in [1.807, 2.05) is 0 Å². The molecule has 9 rings (SSSR count). The Hall–Kier alpha value is -5.86. The van der Waals surface area contributed by atoms with E-state index >= 15 is 0 Å². The fourth-order valence-electron chi connectivity index (χ4n) is 7.20. The summed E-state index contributed by atoms with van der Waals surface area (Å²) < 4.78 is 0. The third-order valence-corrected chi connectivity index (χ3v) is 9.26. The lowest BCUT2D eigenvalue weighted by atomic mass is 9.97. The fraction of sp³-hybridized carbons (Fsp3) is 0.0233. The van der Waals surface area contributed by atoms with Gasteiger partial charge in [-0.3, -0.25) is 0 Å². The first-order valence-corrected chi connectivity index (χ1v) is 15.6. The molecule has 0 aromatic heterocycles. The minimum Gasteiger partial charge on any atom is -0.354 e. The molecule has 1 N–H and O–H groups in total. The third kappa shape index (κ3) is 4.18. The topological polar surface area (TPSA) is 15.3 Å². The number of anilines is 5. The van der Waals surface area contributed by atoms with E-state index in [1.165, 1.54) is 54.6 Å². The minimum atomic E-state index is 0.925. The predicted molar refractivity (Wildman–Crippen MR) is 192 cm³/mol. The maximum atomic E-state index is 3.97. The lowest BCUT2D eigenvalue weighted by Crippen LogP contribution is -2.13. The standard InChI is InChI=1S/C43H30N2/c1-2-16-32(17-3-1)45(42-23-10-15-29-12-5-9-20-35(29)42)43-38-25-24-30-13-4-7-18-33(30)37(38)26-27-41(43)44-40-22-11-21-36-34-19-8-6-14-31(34)28-39(36)40/h1-27,44H,28H2. The molecule has 0 bridgehead atoms. The molecule has 0 saturated heterocycles. The Morgan fingerprint density at radius 3 is 1.98 bits per heavy atom. The van der Waals surface area contributed by atoms with Crippen molar-refractivity contribution >= 4 is 60.8 Å². The van der Waals surface area contributed by atoms with Gasteiger partial charge in [0.1, 0.15) is 0 Å². The second-order valence-corrected chi connectivity index (χ2v) is 11.8. The van der Waals surface area contributed by atoms with Gasteiger partial charge in [0, 0.05) is 28.6 Å². The normalized spacial score (nSPS) is 11.9. The van der Waals surface area contributed by atoms with Crippen LogP contribution in [0.4, 0.5) is 28.4 Å². The molecule has 8 aromatic carbocycles. The van der Waals surface area contributed by atoms with Crippen LogP contribution in [0.15, 0.2) is 164 Å². The zero-order valence-electron chi connectivity index (χ0n) is 24.7. The van der Waals surface area contributed by atoms with E-state index in [4.69, 9.17) is 0 Å². The third-order valence-electron chi connectivity index (χ3n) is 9.26. The molecule has 0 amide bonds. The predicted octanol–water partition coefficient (Wildman–Crippen LogP) is 11.9. The van der Waals surface area contributed by atoms with E-state index in [0.717, 1.165) is 34.9 Å². The summed E-state index contributed by atoms with van der Waals surface area (Å²) in [5.74, 6) is 0. The number of hydrogen-bond acceptors (Lipinski definition) is 2. The van der Waals surface area contributed by atoms with Crippen molar-refractivity contribution in [3.05, 3.63) is 175 Å². The quantitative estimate of drug-likeness (QED) is 0.206. The molecule has 1 aliphatic carbocycles. The molecule has 2 heteroatoms. The SMILES string of the molecule is c1ccc(N(c2cccc3ccccc23)c2c(Nc3cccc4c3Cc3ccccc3-4)ccc3c2ccc2ccccc23)cc1. The van der Waals surface area contributed by atoms with Gasteiger partial charge < -0.3 is 10.2 Å². The Labute approximate surface area is 262 Å². The van der Waals surface area contributed by atoms with Crippen molar-refractivity contribution in [2.45, 2.75) is 6.42 Å². The highest BCUT2D eigenvalue weighted by molar-refractivity contribution is 6.16. The van der Waals surface area contributed by atoms with Crippen molar-refractivity contribution in [2.24, 2.45) is 0 Å². The van der Waals surface area contributed by atoms with Crippen molar-refractivity contribution in [3.8, 4) is 11.1 Å². The summed E-state index contributed by atoms with van der Waals surface area (Å²) in [6.45, 7) is 0. The maximum Gasteiger partial charge on any atom is 0.0776 e. The Morgan fingerprint density at radius 1 is 0.422 bits per heavy atom. The molecule has 0 unspecified atom stereocenters. The van der Waals surface area contributed by atoms with Crippen LogP contribution in [-0.2, 0) is 6.42 Å². The van der Waals surface area contributed by atoms with Gasteiger partial charge in [0.25, 0.3) is 0 Å². The van der Waals surface area contributed by atoms with E-state index in [1.54, 1.807) is 0 Å². The molecule has 45 heavy (non-hydrogen) atoms. The first-order chi connectivity index (χ1) is 22.3. The molecule has 0 atom stereocenters. The monoisotopic (exact) mass is 574 g/mol. The number of nitrogens with zero attached hydrogens (tertiary/aromatic N) is 1. The first-order valence-electron chi connectivity index (χ1n) is 15.6. The van der Waals surface area contributed by atoms with Crippen LogP contribution in [0.25, 0.3) is 43.4 Å². The molecule has 8 aromatic rings. The van der Waals surface area contributed by atoms with Crippen LogP contribution in [0.5, 0.6) is 0 Å². The zero-order chi connectivity index (χ0) is 29.7. The highest BCUT2D eigenvalue weighted by atomic mass is 15.2. The number of para-hydroxylation sites is 1. The molecule has 212 valence electrons. The van der Waals surface area contributed by atoms with E-state index in [-0.39, 0.29) is 0 Å². The molecule has 2 nitrogen and oxygen atoms in total. The lowest BCUT2D eigenvalue weighted by molar-refractivity contribution is 1.25. The van der Waals surface area contributed by atoms with E-state index < -0.39 is 0 Å². The van der Waals surface area contributed by atoms with E-state index in [0.29, 0.717) is 0 Å². The summed E-state index contributed by atoms with van der Waals surface area (Å²) in [6.07, 6.45) is 0.925. The van der Waals surface area contributed by atoms with Crippen LogP contribution in [0.2, 0.25) is 0 Å². The summed E-state index contributed by atoms with van der Waals surface area (Å²) in [5, 5.41) is 11.3. The number of benzene rings is 8. The van der Waals surface area contributed by atoms with Crippen molar-refractivity contribution in [2.75, 3.05) is 10.2 Å². The molecular formula is C43H30N2. The summed E-state index contributed by atoms with van der Waals surface area (Å²) in [5.41, 5.74) is 11.0. The van der Waals surface area contributed by atoms with Gasteiger partial charge in [-0.2, -0.15) is 0 Å². The van der Waals surface area contributed by atoms with Gasteiger partial charge in [0.15, 0.2) is 0 Å². The van der Waals surface area contributed by atoms with E-state index in [9.17, 15) is 0 Å². The van der Waals surface area contributed by atoms with Crippen LogP contribution in [0.3, 0.4) is 0 Å². The second-order valence-electron chi connectivity index (χ2n) is 11.8. The lowest BCUT2D eigenvalue weighted by Gasteiger charge is -2.31. The van der Waals surface area contributed by atoms with Crippen molar-refractivity contribution in [1.29, 1.82) is 0 Å². The van der Waals surface area contributed by atoms with Crippen LogP contribution < -0.4 is 10.2 Å². The Bertz CT molecular complexity index is 2380. The van der Waals surface area contributed by atoms with Crippen molar-refractivity contribution in [1.82, 2.24) is 0 Å². The van der Waals surface area contributed by atoms with Gasteiger partial charge in [-0.15, -0.1) is 0 Å². The summed E-state index contributed by atoms with van der Waals surface area (Å²) >= 11 is 0. The molecule has 0 fully saturated rings. The summed E-state index contributed by atoms with van der Waals surface area (Å²) in [7, 11) is 0. The highest BCUT2D eigenvalue weighted by Gasteiger charge is 2.24. The van der Waals surface area contributed by atoms with Crippen molar-refractivity contribution < 1.29 is 0 Å². The maximum absolute atomic E-state index is 3.97. The Morgan fingerprint density at radius 2 is 1.09 bits per heavy atom. The molecular weight excluding hydrogens is 544 g/mol. The van der Waals surface area contributed by atoms with Gasteiger partial charge in [-0.25, -0.2) is 0 Å². The van der Waals surface area contributed by atoms with Crippen LogP contribution >= 0.6 is 0 Å². The zero-order valence-corrected chi connectivity index (χ0v) is 24.7. The first kappa shape index (κ1) is 25.6. The Kier molecular flexibility index (Phi) is 5.92. The molecule has 0 saturated carbocycles. The van der Waals surface area contributed by atoms with Crippen LogP contribution in [0, 0.1) is 0 Å². The van der Waals surface area contributed by atoms with Gasteiger partial charge in [-0.1, -0.05) is 133 Å². The number of fused-ring (bicyclic) bond motifs is 7. The number of rotatable bonds is 5. The minimum absolute atomic E-state index is 0.925. The van der Waals surface area contributed by atoms with Gasteiger partial charge in [0.2, 0.25) is 0 Å². The molecule has 1 aliphatic rings. The molecule has 0 radical (unpaired) electrons. The average molecular weight is 575 g/mol. The largest absolute Gasteiger partial charge is 0.354 e. The van der Waals surface area contributed by atoms with E-state index in [2.05, 4.69) is 174 Å². The fourth-order valence-corrected chi connectivity index (χ4v) is 7.20. The highest BCUT2D eigenvalue weighted by Crippen LogP contribution is 2.49. The smallest absolute Gasteiger partial charge is 0.0776 e. The van der Waals surface area contributed by atoms with Crippen molar-refractivity contribution in [3.63, 3.8) is 0 Å². The molecule has 0 spiro atoms. The Balaban J connectivity index is 1.33. The molecule has 0 heterocycles. The number of hydrogen-bond donors (Lipinski definition) is 1. The average Bonchev–Trinajstić information content (AvgIpc) is 3.49. The second kappa shape index (κ2) is 10.4. The van der Waals surface area contributed by atoms with Gasteiger partial charge in [0.05, 0.1) is 17.1 Å². The summed E-state index contributed by atoms with van der Waals surface area (Å²) in [6, 6.07) is 59.3. The van der Waals surface area contributed by atoms with Crippen LogP contribution in [0.1, 0.15) is 11.1 Å². The van der Waals surface area contributed by atoms with Gasteiger partial charge in [-0.05, 0) is 74.1 Å². The molecule has 0 aliphatic heterocycles. The van der Waals surface area contributed by atoms with Crippen LogP contribution in [-0.4, -0.2) is 0 Å². The van der Waals surface area contributed by atoms with Gasteiger partial charge >= 0.3 is 0 Å².